The summed E-state index contributed by atoms with van der Waals surface area (Å²) in [7, 11) is 0. The Morgan fingerprint density at radius 2 is 1.95 bits per heavy atom. The van der Waals surface area contributed by atoms with Crippen LogP contribution in [-0.4, -0.2) is 6.54 Å². The van der Waals surface area contributed by atoms with Gasteiger partial charge in [0.05, 0.1) is 0 Å². The summed E-state index contributed by atoms with van der Waals surface area (Å²) in [5.74, 6) is 0.802. The first-order valence-electron chi connectivity index (χ1n) is 8.32. The van der Waals surface area contributed by atoms with Crippen molar-refractivity contribution in [3.8, 4) is 0 Å². The zero-order valence-electron chi connectivity index (χ0n) is 13.7. The number of rotatable bonds is 5. The van der Waals surface area contributed by atoms with E-state index < -0.39 is 0 Å². The number of hydrogen-bond acceptors (Lipinski definition) is 1. The number of nitrogens with one attached hydrogen (secondary N) is 1. The fourth-order valence-electron chi connectivity index (χ4n) is 3.33. The largest absolute Gasteiger partial charge is 0.310 e. The first-order chi connectivity index (χ1) is 9.51. The van der Waals surface area contributed by atoms with E-state index in [1.165, 1.54) is 32.1 Å². The smallest absolute Gasteiger partial charge is 0.0351 e. The first-order valence-corrected chi connectivity index (χ1v) is 8.32. The molecule has 2 rings (SSSR count). The topological polar surface area (TPSA) is 12.0 Å². The summed E-state index contributed by atoms with van der Waals surface area (Å²) in [6.07, 6.45) is 6.48. The lowest BCUT2D eigenvalue weighted by molar-refractivity contribution is 0.253. The van der Waals surface area contributed by atoms with E-state index in [1.54, 1.807) is 11.1 Å². The fraction of sp³-hybridized carbons (Fsp3) is 0.684. The van der Waals surface area contributed by atoms with Gasteiger partial charge in [0, 0.05) is 6.04 Å². The van der Waals surface area contributed by atoms with E-state index in [4.69, 9.17) is 0 Å². The molecule has 0 fully saturated rings. The van der Waals surface area contributed by atoms with Crippen LogP contribution in [0.25, 0.3) is 0 Å². The van der Waals surface area contributed by atoms with Gasteiger partial charge in [0.25, 0.3) is 0 Å². The fourth-order valence-corrected chi connectivity index (χ4v) is 3.33. The third-order valence-electron chi connectivity index (χ3n) is 4.53. The van der Waals surface area contributed by atoms with Gasteiger partial charge in [-0.2, -0.15) is 0 Å². The van der Waals surface area contributed by atoms with Crippen LogP contribution in [0.2, 0.25) is 0 Å². The minimum Gasteiger partial charge on any atom is -0.310 e. The van der Waals surface area contributed by atoms with E-state index in [2.05, 4.69) is 57.3 Å². The highest BCUT2D eigenvalue weighted by Crippen LogP contribution is 2.38. The number of benzene rings is 1. The summed E-state index contributed by atoms with van der Waals surface area (Å²) in [5.41, 5.74) is 3.57. The van der Waals surface area contributed by atoms with Gasteiger partial charge < -0.3 is 5.32 Å². The Hall–Kier alpha value is -0.820. The molecule has 1 N–H and O–H groups in total. The number of fused-ring (bicyclic) bond motifs is 1. The van der Waals surface area contributed by atoms with Crippen molar-refractivity contribution in [3.63, 3.8) is 0 Å². The molecule has 1 aromatic rings. The molecule has 2 atom stereocenters. The van der Waals surface area contributed by atoms with Crippen molar-refractivity contribution < 1.29 is 0 Å². The van der Waals surface area contributed by atoms with E-state index in [0.29, 0.717) is 11.5 Å². The molecule has 2 unspecified atom stereocenters. The van der Waals surface area contributed by atoms with Gasteiger partial charge in [0.2, 0.25) is 0 Å². The van der Waals surface area contributed by atoms with Gasteiger partial charge in [-0.05, 0) is 61.1 Å². The Kier molecular flexibility index (Phi) is 5.26. The highest BCUT2D eigenvalue weighted by Gasteiger charge is 2.29. The summed E-state index contributed by atoms with van der Waals surface area (Å²) in [5, 5.41) is 3.81. The Morgan fingerprint density at radius 3 is 2.65 bits per heavy atom. The Bertz CT molecular complexity index is 416. The van der Waals surface area contributed by atoms with Crippen molar-refractivity contribution in [2.45, 2.75) is 65.8 Å². The molecule has 0 aromatic heterocycles. The molecule has 112 valence electrons. The molecule has 0 radical (unpaired) electrons. The van der Waals surface area contributed by atoms with Crippen molar-refractivity contribution in [2.24, 2.45) is 11.3 Å². The molecule has 0 aliphatic heterocycles. The Labute approximate surface area is 125 Å². The molecule has 0 amide bonds. The van der Waals surface area contributed by atoms with Crippen molar-refractivity contribution in [2.75, 3.05) is 6.54 Å². The van der Waals surface area contributed by atoms with Gasteiger partial charge in [0.15, 0.2) is 0 Å². The molecule has 20 heavy (non-hydrogen) atoms. The molecule has 0 saturated heterocycles. The normalized spacial score (nSPS) is 22.6. The average Bonchev–Trinajstić information content (AvgIpc) is 2.42. The summed E-state index contributed by atoms with van der Waals surface area (Å²) < 4.78 is 0. The minimum atomic E-state index is 0.451. The van der Waals surface area contributed by atoms with Crippen LogP contribution in [0.15, 0.2) is 24.3 Å². The van der Waals surface area contributed by atoms with Gasteiger partial charge in [-0.1, -0.05) is 52.0 Å². The lowest BCUT2D eigenvalue weighted by Gasteiger charge is -2.36. The van der Waals surface area contributed by atoms with Crippen molar-refractivity contribution >= 4 is 0 Å². The van der Waals surface area contributed by atoms with Crippen LogP contribution in [-0.2, 0) is 6.42 Å². The maximum absolute atomic E-state index is 3.81. The first kappa shape index (κ1) is 15.6. The van der Waals surface area contributed by atoms with Crippen LogP contribution >= 0.6 is 0 Å². The van der Waals surface area contributed by atoms with Gasteiger partial charge >= 0.3 is 0 Å². The number of hydrogen-bond donors (Lipinski definition) is 1. The average molecular weight is 273 g/mol. The van der Waals surface area contributed by atoms with Crippen LogP contribution in [0.5, 0.6) is 0 Å². The van der Waals surface area contributed by atoms with Crippen LogP contribution in [0.4, 0.5) is 0 Å². The zero-order chi connectivity index (χ0) is 14.6. The maximum atomic E-state index is 3.81. The Morgan fingerprint density at radius 1 is 1.20 bits per heavy atom. The Balaban J connectivity index is 2.11. The predicted octanol–water partition coefficient (Wildman–Crippen LogP) is 5.12. The van der Waals surface area contributed by atoms with Crippen LogP contribution in [0.1, 0.15) is 70.5 Å². The standard InChI is InChI=1S/C19H31N/c1-5-14-20-18-16(12-13-19(2,3)4)11-10-15-8-6-7-9-17(15)18/h6-9,16,18,20H,5,10-14H2,1-4H3. The second-order valence-electron chi connectivity index (χ2n) is 7.53. The van der Waals surface area contributed by atoms with Crippen LogP contribution < -0.4 is 5.32 Å². The van der Waals surface area contributed by atoms with Crippen molar-refractivity contribution in [3.05, 3.63) is 35.4 Å². The second kappa shape index (κ2) is 6.76. The van der Waals surface area contributed by atoms with Crippen LogP contribution in [0, 0.1) is 11.3 Å². The summed E-state index contributed by atoms with van der Waals surface area (Å²) in [6.45, 7) is 10.5. The molecule has 1 aromatic carbocycles. The van der Waals surface area contributed by atoms with E-state index >= 15 is 0 Å². The maximum Gasteiger partial charge on any atom is 0.0351 e. The van der Waals surface area contributed by atoms with Gasteiger partial charge in [-0.15, -0.1) is 0 Å². The quantitative estimate of drug-likeness (QED) is 0.785. The second-order valence-corrected chi connectivity index (χ2v) is 7.53. The van der Waals surface area contributed by atoms with E-state index in [9.17, 15) is 0 Å². The van der Waals surface area contributed by atoms with Gasteiger partial charge in [-0.25, -0.2) is 0 Å². The van der Waals surface area contributed by atoms with Gasteiger partial charge in [0.1, 0.15) is 0 Å². The number of aryl methyl sites for hydroxylation is 1. The lowest BCUT2D eigenvalue weighted by Crippen LogP contribution is -2.33. The molecule has 1 aliphatic carbocycles. The summed E-state index contributed by atoms with van der Waals surface area (Å²) >= 11 is 0. The SMILES string of the molecule is CCCNC1c2ccccc2CCC1CCC(C)(C)C. The summed E-state index contributed by atoms with van der Waals surface area (Å²) in [4.78, 5) is 0. The zero-order valence-corrected chi connectivity index (χ0v) is 13.7. The van der Waals surface area contributed by atoms with E-state index in [-0.39, 0.29) is 0 Å². The van der Waals surface area contributed by atoms with E-state index in [1.807, 2.05) is 0 Å². The summed E-state index contributed by atoms with van der Waals surface area (Å²) in [6, 6.07) is 9.61. The molecular weight excluding hydrogens is 242 g/mol. The monoisotopic (exact) mass is 273 g/mol. The molecule has 0 saturated carbocycles. The van der Waals surface area contributed by atoms with Gasteiger partial charge in [-0.3, -0.25) is 0 Å². The molecule has 1 heteroatoms. The third kappa shape index (κ3) is 4.09. The molecule has 0 spiro atoms. The molecule has 0 bridgehead atoms. The molecule has 0 heterocycles. The van der Waals surface area contributed by atoms with Crippen molar-refractivity contribution in [1.29, 1.82) is 0 Å². The lowest BCUT2D eigenvalue weighted by atomic mass is 9.75. The highest BCUT2D eigenvalue weighted by atomic mass is 14.9. The molecule has 1 nitrogen and oxygen atoms in total. The van der Waals surface area contributed by atoms with Crippen LogP contribution in [0.3, 0.4) is 0 Å². The minimum absolute atomic E-state index is 0.451. The highest BCUT2D eigenvalue weighted by molar-refractivity contribution is 5.33. The molecule has 1 aliphatic rings. The predicted molar refractivity (Wildman–Crippen MR) is 88.0 cm³/mol. The van der Waals surface area contributed by atoms with Crippen molar-refractivity contribution in [1.82, 2.24) is 5.32 Å². The third-order valence-corrected chi connectivity index (χ3v) is 4.53. The van der Waals surface area contributed by atoms with E-state index in [0.717, 1.165) is 12.5 Å². The molecular formula is C19H31N.